The van der Waals surface area contributed by atoms with Crippen LogP contribution in [0.2, 0.25) is 0 Å². The summed E-state index contributed by atoms with van der Waals surface area (Å²) in [6, 6.07) is 0. The Morgan fingerprint density at radius 2 is 1.94 bits per heavy atom. The van der Waals surface area contributed by atoms with Crippen LogP contribution in [-0.4, -0.2) is 39.0 Å². The second kappa shape index (κ2) is 8.00. The number of allylic oxidation sites excluding steroid dienone is 2. The first-order chi connectivity index (χ1) is 8.10. The zero-order chi connectivity index (χ0) is 13.3. The fourth-order valence-electron chi connectivity index (χ4n) is 1.32. The van der Waals surface area contributed by atoms with Crippen LogP contribution in [0.3, 0.4) is 0 Å². The minimum Gasteiger partial charge on any atom is -0.347 e. The van der Waals surface area contributed by atoms with Crippen LogP contribution in [0, 0.1) is 0 Å². The highest BCUT2D eigenvalue weighted by atomic mass is 16.7. The molecule has 1 amide bonds. The summed E-state index contributed by atoms with van der Waals surface area (Å²) >= 11 is 0. The Morgan fingerprint density at radius 1 is 1.35 bits per heavy atom. The summed E-state index contributed by atoms with van der Waals surface area (Å²) in [7, 11) is 2.77. The smallest absolute Gasteiger partial charge is 0.281 e. The van der Waals surface area contributed by atoms with Crippen LogP contribution in [0.4, 0.5) is 0 Å². The van der Waals surface area contributed by atoms with Gasteiger partial charge >= 0.3 is 0 Å². The van der Waals surface area contributed by atoms with Gasteiger partial charge in [0.25, 0.3) is 11.7 Å². The molecule has 0 aliphatic carbocycles. The minimum atomic E-state index is -1.41. The topological polar surface area (TPSA) is 73.6 Å². The molecule has 0 spiro atoms. The highest BCUT2D eigenvalue weighted by Crippen LogP contribution is 2.09. The lowest BCUT2D eigenvalue weighted by atomic mass is 10.2. The minimum absolute atomic E-state index is 0.0410. The van der Waals surface area contributed by atoms with Crippen molar-refractivity contribution < 1.29 is 14.3 Å². The maximum atomic E-state index is 11.9. The molecule has 3 N–H and O–H groups in total. The molecular formula is C12H22N2O3. The zero-order valence-electron chi connectivity index (χ0n) is 10.9. The molecule has 0 radical (unpaired) electrons. The van der Waals surface area contributed by atoms with Crippen LogP contribution in [0.5, 0.6) is 0 Å². The molecule has 0 aromatic carbocycles. The summed E-state index contributed by atoms with van der Waals surface area (Å²) in [5, 5.41) is 2.72. The molecule has 0 unspecified atom stereocenters. The van der Waals surface area contributed by atoms with Crippen molar-refractivity contribution in [3.05, 3.63) is 23.8 Å². The maximum absolute atomic E-state index is 11.9. The van der Waals surface area contributed by atoms with E-state index in [9.17, 15) is 4.79 Å². The molecule has 0 aliphatic heterocycles. The molecule has 5 heteroatoms. The standard InChI is InChI=1S/C12H22N2O3/c1-5-7-10(6-2)8-14-11(15)12(9-13,16-3)17-4/h5-7H,8-9,13H2,1-4H3,(H,14,15)/b7-5-,10-6+. The number of carbonyl (C=O) groups excluding carboxylic acids is 1. The number of rotatable bonds is 7. The third kappa shape index (κ3) is 4.30. The van der Waals surface area contributed by atoms with Gasteiger partial charge in [0.15, 0.2) is 0 Å². The Morgan fingerprint density at radius 3 is 2.29 bits per heavy atom. The number of carbonyl (C=O) groups is 1. The summed E-state index contributed by atoms with van der Waals surface area (Å²) in [6.07, 6.45) is 5.75. The second-order valence-corrected chi connectivity index (χ2v) is 3.41. The lowest BCUT2D eigenvalue weighted by Crippen LogP contribution is -2.55. The monoisotopic (exact) mass is 242 g/mol. The quantitative estimate of drug-likeness (QED) is 0.506. The van der Waals surface area contributed by atoms with Crippen molar-refractivity contribution in [2.45, 2.75) is 19.6 Å². The van der Waals surface area contributed by atoms with E-state index in [-0.39, 0.29) is 12.5 Å². The van der Waals surface area contributed by atoms with E-state index in [1.54, 1.807) is 0 Å². The van der Waals surface area contributed by atoms with Gasteiger partial charge in [-0.1, -0.05) is 18.2 Å². The van der Waals surface area contributed by atoms with Gasteiger partial charge in [-0.05, 0) is 19.4 Å². The van der Waals surface area contributed by atoms with E-state index in [1.165, 1.54) is 14.2 Å². The van der Waals surface area contributed by atoms with Crippen molar-refractivity contribution in [1.29, 1.82) is 0 Å². The molecular weight excluding hydrogens is 220 g/mol. The first kappa shape index (κ1) is 15.8. The summed E-state index contributed by atoms with van der Waals surface area (Å²) < 4.78 is 10.1. The molecule has 0 aromatic rings. The summed E-state index contributed by atoms with van der Waals surface area (Å²) in [4.78, 5) is 11.9. The number of amides is 1. The van der Waals surface area contributed by atoms with E-state index >= 15 is 0 Å². The van der Waals surface area contributed by atoms with Crippen LogP contribution in [0.15, 0.2) is 23.8 Å². The highest BCUT2D eigenvalue weighted by Gasteiger charge is 2.37. The summed E-state index contributed by atoms with van der Waals surface area (Å²) in [5.74, 6) is -1.79. The first-order valence-corrected chi connectivity index (χ1v) is 5.46. The molecule has 0 bridgehead atoms. The molecule has 0 atom stereocenters. The number of hydrogen-bond acceptors (Lipinski definition) is 4. The van der Waals surface area contributed by atoms with Crippen LogP contribution >= 0.6 is 0 Å². The molecule has 98 valence electrons. The van der Waals surface area contributed by atoms with Crippen LogP contribution in [0.25, 0.3) is 0 Å². The number of methoxy groups -OCH3 is 2. The van der Waals surface area contributed by atoms with E-state index in [4.69, 9.17) is 15.2 Å². The van der Waals surface area contributed by atoms with Gasteiger partial charge in [0.05, 0.1) is 6.54 Å². The summed E-state index contributed by atoms with van der Waals surface area (Å²) in [6.45, 7) is 4.19. The fourth-order valence-corrected chi connectivity index (χ4v) is 1.32. The SMILES string of the molecule is C/C=C\C(=C/C)CNC(=O)C(CN)(OC)OC. The van der Waals surface area contributed by atoms with E-state index in [0.717, 1.165) is 5.57 Å². The number of nitrogens with one attached hydrogen (secondary N) is 1. The molecule has 0 fully saturated rings. The molecule has 0 rings (SSSR count). The van der Waals surface area contributed by atoms with Gasteiger partial charge in [-0.15, -0.1) is 0 Å². The van der Waals surface area contributed by atoms with Gasteiger partial charge in [-0.3, -0.25) is 4.79 Å². The van der Waals surface area contributed by atoms with Gasteiger partial charge < -0.3 is 20.5 Å². The lowest BCUT2D eigenvalue weighted by Gasteiger charge is -2.27. The Hall–Kier alpha value is -1.17. The zero-order valence-corrected chi connectivity index (χ0v) is 10.9. The Bertz CT molecular complexity index is 286. The van der Waals surface area contributed by atoms with Crippen molar-refractivity contribution >= 4 is 5.91 Å². The Balaban J connectivity index is 4.53. The summed E-state index contributed by atoms with van der Waals surface area (Å²) in [5.41, 5.74) is 6.49. The highest BCUT2D eigenvalue weighted by molar-refractivity contribution is 5.84. The predicted octanol–water partition coefficient (Wildman–Crippen LogP) is 0.573. The average molecular weight is 242 g/mol. The molecule has 0 aliphatic rings. The van der Waals surface area contributed by atoms with Crippen molar-refractivity contribution in [2.75, 3.05) is 27.3 Å². The van der Waals surface area contributed by atoms with Gasteiger partial charge in [0.2, 0.25) is 0 Å². The Labute approximate surface area is 103 Å². The Kier molecular flexibility index (Phi) is 7.45. The molecule has 17 heavy (non-hydrogen) atoms. The van der Waals surface area contributed by atoms with Crippen molar-refractivity contribution in [3.63, 3.8) is 0 Å². The molecule has 5 nitrogen and oxygen atoms in total. The van der Waals surface area contributed by atoms with Crippen molar-refractivity contribution in [2.24, 2.45) is 5.73 Å². The normalized spacial score (nSPS) is 13.1. The predicted molar refractivity (Wildman–Crippen MR) is 67.4 cm³/mol. The largest absolute Gasteiger partial charge is 0.347 e. The van der Waals surface area contributed by atoms with Gasteiger partial charge in [-0.25, -0.2) is 0 Å². The van der Waals surface area contributed by atoms with E-state index in [1.807, 2.05) is 32.1 Å². The van der Waals surface area contributed by atoms with Gasteiger partial charge in [0.1, 0.15) is 0 Å². The maximum Gasteiger partial charge on any atom is 0.281 e. The third-order valence-corrected chi connectivity index (χ3v) is 2.48. The molecule has 0 aromatic heterocycles. The van der Waals surface area contributed by atoms with Crippen LogP contribution in [-0.2, 0) is 14.3 Å². The van der Waals surface area contributed by atoms with E-state index in [2.05, 4.69) is 5.32 Å². The van der Waals surface area contributed by atoms with Crippen molar-refractivity contribution in [1.82, 2.24) is 5.32 Å². The number of hydrogen-bond donors (Lipinski definition) is 2. The van der Waals surface area contributed by atoms with Crippen LogP contribution < -0.4 is 11.1 Å². The fraction of sp³-hybridized carbons (Fsp3) is 0.583. The molecule has 0 saturated carbocycles. The van der Waals surface area contributed by atoms with E-state index < -0.39 is 5.79 Å². The number of ether oxygens (including phenoxy) is 2. The number of nitrogens with two attached hydrogens (primary N) is 1. The molecule has 0 heterocycles. The lowest BCUT2D eigenvalue weighted by molar-refractivity contribution is -0.204. The average Bonchev–Trinajstić information content (AvgIpc) is 2.37. The van der Waals surface area contributed by atoms with Gasteiger partial charge in [0, 0.05) is 20.8 Å². The van der Waals surface area contributed by atoms with E-state index in [0.29, 0.717) is 6.54 Å². The molecule has 0 saturated heterocycles. The van der Waals surface area contributed by atoms with Crippen LogP contribution in [0.1, 0.15) is 13.8 Å². The third-order valence-electron chi connectivity index (χ3n) is 2.48. The second-order valence-electron chi connectivity index (χ2n) is 3.41. The first-order valence-electron chi connectivity index (χ1n) is 5.46. The van der Waals surface area contributed by atoms with Gasteiger partial charge in [-0.2, -0.15) is 0 Å². The van der Waals surface area contributed by atoms with Crippen molar-refractivity contribution in [3.8, 4) is 0 Å².